The second kappa shape index (κ2) is 4.72. The minimum absolute atomic E-state index is 0.0422. The van der Waals surface area contributed by atoms with E-state index in [0.29, 0.717) is 17.3 Å². The summed E-state index contributed by atoms with van der Waals surface area (Å²) in [7, 11) is 0. The first kappa shape index (κ1) is 12.5. The van der Waals surface area contributed by atoms with E-state index in [9.17, 15) is 9.90 Å². The molecule has 1 aromatic rings. The first-order valence-corrected chi connectivity index (χ1v) is 5.87. The molecular weight excluding hydrogens is 265 g/mol. The highest BCUT2D eigenvalue weighted by molar-refractivity contribution is 6.37. The third-order valence-electron chi connectivity index (χ3n) is 2.77. The Morgan fingerprint density at radius 3 is 2.65 bits per heavy atom. The summed E-state index contributed by atoms with van der Waals surface area (Å²) in [5, 5.41) is 19.0. The van der Waals surface area contributed by atoms with E-state index in [2.05, 4.69) is 0 Å². The maximum atomic E-state index is 11.7. The Hall–Kier alpha value is -0.970. The number of carbonyl (C=O) groups is 1. The van der Waals surface area contributed by atoms with Gasteiger partial charge >= 0.3 is 0 Å². The summed E-state index contributed by atoms with van der Waals surface area (Å²) in [6.07, 6.45) is 0.288. The van der Waals surface area contributed by atoms with E-state index in [1.165, 1.54) is 17.0 Å². The van der Waals surface area contributed by atoms with Gasteiger partial charge < -0.3 is 15.1 Å². The minimum atomic E-state index is -0.119. The molecule has 0 bridgehead atoms. The van der Waals surface area contributed by atoms with E-state index in [4.69, 9.17) is 28.3 Å². The van der Waals surface area contributed by atoms with Crippen LogP contribution in [0.15, 0.2) is 12.1 Å². The van der Waals surface area contributed by atoms with Crippen LogP contribution in [0.5, 0.6) is 5.75 Å². The van der Waals surface area contributed by atoms with Gasteiger partial charge in [0.15, 0.2) is 0 Å². The molecule has 1 unspecified atom stereocenters. The number of nitrogens with zero attached hydrogens (tertiary/aromatic N) is 1. The number of anilines is 1. The number of aromatic hydroxyl groups is 1. The van der Waals surface area contributed by atoms with Crippen LogP contribution in [0.3, 0.4) is 0 Å². The minimum Gasteiger partial charge on any atom is -0.506 e. The molecular formula is C11H11Cl2NO3. The number of phenols is 1. The number of benzene rings is 1. The predicted octanol–water partition coefficient (Wildman–Crippen LogP) is 2.04. The Labute approximate surface area is 108 Å². The SMILES string of the molecule is O=C1CC(CO)CN1c1cc(O)c(Cl)cc1Cl. The fraction of sp³-hybridized carbons (Fsp3) is 0.364. The number of aliphatic hydroxyl groups is 1. The molecule has 0 aliphatic carbocycles. The predicted molar refractivity (Wildman–Crippen MR) is 65.7 cm³/mol. The smallest absolute Gasteiger partial charge is 0.227 e. The Morgan fingerprint density at radius 1 is 1.35 bits per heavy atom. The van der Waals surface area contributed by atoms with Gasteiger partial charge in [-0.2, -0.15) is 0 Å². The summed E-state index contributed by atoms with van der Waals surface area (Å²) < 4.78 is 0. The summed E-state index contributed by atoms with van der Waals surface area (Å²) in [4.78, 5) is 13.2. The molecule has 1 heterocycles. The number of amides is 1. The third kappa shape index (κ3) is 2.34. The molecule has 2 rings (SSSR count). The molecule has 0 spiro atoms. The van der Waals surface area contributed by atoms with Crippen molar-refractivity contribution in [2.24, 2.45) is 5.92 Å². The lowest BCUT2D eigenvalue weighted by Gasteiger charge is -2.18. The van der Waals surface area contributed by atoms with Crippen molar-refractivity contribution in [1.29, 1.82) is 0 Å². The maximum Gasteiger partial charge on any atom is 0.227 e. The van der Waals surface area contributed by atoms with Crippen molar-refractivity contribution >= 4 is 34.8 Å². The van der Waals surface area contributed by atoms with Crippen molar-refractivity contribution in [2.45, 2.75) is 6.42 Å². The molecule has 1 amide bonds. The zero-order valence-corrected chi connectivity index (χ0v) is 10.4. The van der Waals surface area contributed by atoms with Gasteiger partial charge in [0.25, 0.3) is 0 Å². The summed E-state index contributed by atoms with van der Waals surface area (Å²) in [5.74, 6) is -0.324. The third-order valence-corrected chi connectivity index (χ3v) is 3.38. The monoisotopic (exact) mass is 275 g/mol. The molecule has 1 aliphatic rings. The van der Waals surface area contributed by atoms with E-state index in [1.807, 2.05) is 0 Å². The molecule has 4 nitrogen and oxygen atoms in total. The van der Waals surface area contributed by atoms with E-state index in [-0.39, 0.29) is 35.6 Å². The normalized spacial score (nSPS) is 20.1. The van der Waals surface area contributed by atoms with Crippen LogP contribution in [0.25, 0.3) is 0 Å². The van der Waals surface area contributed by atoms with Gasteiger partial charge in [-0.05, 0) is 6.07 Å². The zero-order valence-electron chi connectivity index (χ0n) is 8.86. The van der Waals surface area contributed by atoms with Gasteiger partial charge in [-0.25, -0.2) is 0 Å². The van der Waals surface area contributed by atoms with Crippen molar-refractivity contribution in [1.82, 2.24) is 0 Å². The molecule has 1 atom stereocenters. The van der Waals surface area contributed by atoms with Crippen LogP contribution in [0.1, 0.15) is 6.42 Å². The topological polar surface area (TPSA) is 60.8 Å². The van der Waals surface area contributed by atoms with Gasteiger partial charge in [-0.3, -0.25) is 4.79 Å². The van der Waals surface area contributed by atoms with Crippen LogP contribution in [0.2, 0.25) is 10.0 Å². The van der Waals surface area contributed by atoms with Crippen LogP contribution in [0, 0.1) is 5.92 Å². The number of carbonyl (C=O) groups excluding carboxylic acids is 1. The Morgan fingerprint density at radius 2 is 2.06 bits per heavy atom. The molecule has 92 valence electrons. The van der Waals surface area contributed by atoms with Crippen LogP contribution < -0.4 is 4.90 Å². The summed E-state index contributed by atoms with van der Waals surface area (Å²) in [6.45, 7) is 0.357. The number of rotatable bonds is 2. The second-order valence-electron chi connectivity index (χ2n) is 4.01. The van der Waals surface area contributed by atoms with Gasteiger partial charge in [0, 0.05) is 31.6 Å². The molecule has 1 aromatic carbocycles. The van der Waals surface area contributed by atoms with Gasteiger partial charge in [0.1, 0.15) is 5.75 Å². The lowest BCUT2D eigenvalue weighted by atomic mass is 10.1. The number of halogens is 2. The molecule has 0 radical (unpaired) electrons. The lowest BCUT2D eigenvalue weighted by molar-refractivity contribution is -0.117. The Kier molecular flexibility index (Phi) is 3.47. The summed E-state index contributed by atoms with van der Waals surface area (Å²) in [5.41, 5.74) is 0.425. The van der Waals surface area contributed by atoms with Gasteiger partial charge in [-0.15, -0.1) is 0 Å². The van der Waals surface area contributed by atoms with Crippen molar-refractivity contribution in [3.05, 3.63) is 22.2 Å². The zero-order chi connectivity index (χ0) is 12.6. The van der Waals surface area contributed by atoms with Gasteiger partial charge in [0.2, 0.25) is 5.91 Å². The summed E-state index contributed by atoms with van der Waals surface area (Å²) >= 11 is 11.7. The standard InChI is InChI=1S/C11H11Cl2NO3/c12-7-2-8(13)10(16)3-9(7)14-4-6(5-15)1-11(14)17/h2-3,6,15-16H,1,4-5H2. The van der Waals surface area contributed by atoms with Crippen molar-refractivity contribution in [3.63, 3.8) is 0 Å². The molecule has 0 aromatic heterocycles. The van der Waals surface area contributed by atoms with E-state index >= 15 is 0 Å². The van der Waals surface area contributed by atoms with Gasteiger partial charge in [0.05, 0.1) is 15.7 Å². The van der Waals surface area contributed by atoms with Crippen LogP contribution in [-0.4, -0.2) is 29.3 Å². The number of hydrogen-bond acceptors (Lipinski definition) is 3. The number of hydrogen-bond donors (Lipinski definition) is 2. The average Bonchev–Trinajstić information content (AvgIpc) is 2.65. The highest BCUT2D eigenvalue weighted by atomic mass is 35.5. The van der Waals surface area contributed by atoms with E-state index in [1.54, 1.807) is 0 Å². The van der Waals surface area contributed by atoms with Crippen LogP contribution in [-0.2, 0) is 4.79 Å². The quantitative estimate of drug-likeness (QED) is 0.869. The number of aliphatic hydroxyl groups excluding tert-OH is 1. The maximum absolute atomic E-state index is 11.7. The first-order chi connectivity index (χ1) is 8.02. The molecule has 6 heteroatoms. The summed E-state index contributed by atoms with van der Waals surface area (Å²) in [6, 6.07) is 2.76. The first-order valence-electron chi connectivity index (χ1n) is 5.12. The fourth-order valence-electron chi connectivity index (χ4n) is 1.87. The van der Waals surface area contributed by atoms with E-state index < -0.39 is 0 Å². The molecule has 17 heavy (non-hydrogen) atoms. The van der Waals surface area contributed by atoms with Crippen LogP contribution in [0.4, 0.5) is 5.69 Å². The second-order valence-corrected chi connectivity index (χ2v) is 4.83. The highest BCUT2D eigenvalue weighted by Crippen LogP contribution is 2.37. The molecule has 1 saturated heterocycles. The average molecular weight is 276 g/mol. The van der Waals surface area contributed by atoms with E-state index in [0.717, 1.165) is 0 Å². The van der Waals surface area contributed by atoms with Crippen molar-refractivity contribution in [2.75, 3.05) is 18.1 Å². The van der Waals surface area contributed by atoms with Crippen molar-refractivity contribution < 1.29 is 15.0 Å². The molecule has 1 fully saturated rings. The largest absolute Gasteiger partial charge is 0.506 e. The van der Waals surface area contributed by atoms with Crippen molar-refractivity contribution in [3.8, 4) is 5.75 Å². The Balaban J connectivity index is 2.35. The lowest BCUT2D eigenvalue weighted by Crippen LogP contribution is -2.25. The molecule has 1 aliphatic heterocycles. The number of phenolic OH excluding ortho intramolecular Hbond substituents is 1. The van der Waals surface area contributed by atoms with Crippen LogP contribution >= 0.6 is 23.2 Å². The van der Waals surface area contributed by atoms with Gasteiger partial charge in [-0.1, -0.05) is 23.2 Å². The molecule has 2 N–H and O–H groups in total. The highest BCUT2D eigenvalue weighted by Gasteiger charge is 2.31. The Bertz CT molecular complexity index is 464. The molecule has 0 saturated carbocycles. The fourth-order valence-corrected chi connectivity index (χ4v) is 2.36.